The number of pyridine rings is 2. The highest BCUT2D eigenvalue weighted by Gasteiger charge is 2.07. The maximum Gasteiger partial charge on any atom is 0.249 e. The summed E-state index contributed by atoms with van der Waals surface area (Å²) in [6.45, 7) is 0. The van der Waals surface area contributed by atoms with Crippen LogP contribution in [0.15, 0.2) is 79.3 Å². The predicted molar refractivity (Wildman–Crippen MR) is 110 cm³/mol. The Bertz CT molecular complexity index is 1180. The lowest BCUT2D eigenvalue weighted by Crippen LogP contribution is -2.03. The van der Waals surface area contributed by atoms with Crippen molar-refractivity contribution in [3.63, 3.8) is 0 Å². The van der Waals surface area contributed by atoms with Crippen LogP contribution in [-0.2, 0) is 0 Å². The molecule has 0 spiro atoms. The first-order chi connectivity index (χ1) is 13.9. The number of anilines is 4. The fourth-order valence-electron chi connectivity index (χ4n) is 3.09. The molecule has 0 aliphatic carbocycles. The number of para-hydroxylation sites is 2. The van der Waals surface area contributed by atoms with Gasteiger partial charge in [0.25, 0.3) is 0 Å². The molecule has 7 nitrogen and oxygen atoms in total. The van der Waals surface area contributed by atoms with Gasteiger partial charge in [0.05, 0.1) is 28.6 Å². The van der Waals surface area contributed by atoms with E-state index in [1.54, 1.807) is 18.6 Å². The summed E-state index contributed by atoms with van der Waals surface area (Å²) in [6, 6.07) is 19.7. The van der Waals surface area contributed by atoms with E-state index in [-0.39, 0.29) is 0 Å². The van der Waals surface area contributed by atoms with Crippen LogP contribution in [0.1, 0.15) is 0 Å². The second kappa shape index (κ2) is 6.88. The average Bonchev–Trinajstić information content (AvgIpc) is 2.75. The van der Waals surface area contributed by atoms with Crippen molar-refractivity contribution in [2.45, 2.75) is 0 Å². The fraction of sp³-hybridized carbons (Fsp3) is 0. The fourth-order valence-corrected chi connectivity index (χ4v) is 3.09. The van der Waals surface area contributed by atoms with Gasteiger partial charge in [-0.1, -0.05) is 36.4 Å². The third-order valence-electron chi connectivity index (χ3n) is 4.33. The zero-order chi connectivity index (χ0) is 18.8. The monoisotopic (exact) mass is 365 g/mol. The molecule has 3 aromatic heterocycles. The van der Waals surface area contributed by atoms with Crippen LogP contribution < -0.4 is 10.6 Å². The van der Waals surface area contributed by atoms with Crippen molar-refractivity contribution >= 4 is 44.9 Å². The summed E-state index contributed by atoms with van der Waals surface area (Å²) in [5.41, 5.74) is 3.40. The molecule has 0 fully saturated rings. The number of aromatic nitrogens is 5. The van der Waals surface area contributed by atoms with Crippen molar-refractivity contribution in [2.24, 2.45) is 0 Å². The molecular formula is C21H15N7. The van der Waals surface area contributed by atoms with Gasteiger partial charge in [-0.05, 0) is 24.3 Å². The Labute approximate surface area is 160 Å². The maximum atomic E-state index is 4.53. The van der Waals surface area contributed by atoms with Gasteiger partial charge in [0.1, 0.15) is 0 Å². The van der Waals surface area contributed by atoms with Gasteiger partial charge in [0.15, 0.2) is 5.82 Å². The molecule has 0 aliphatic heterocycles. The minimum atomic E-state index is 0.386. The topological polar surface area (TPSA) is 88.5 Å². The maximum absolute atomic E-state index is 4.53. The van der Waals surface area contributed by atoms with Crippen LogP contribution in [0.2, 0.25) is 0 Å². The Morgan fingerprint density at radius 1 is 0.643 bits per heavy atom. The van der Waals surface area contributed by atoms with Crippen LogP contribution >= 0.6 is 0 Å². The number of hydrogen-bond donors (Lipinski definition) is 2. The second-order valence-electron chi connectivity index (χ2n) is 6.18. The van der Waals surface area contributed by atoms with Gasteiger partial charge in [0, 0.05) is 23.2 Å². The van der Waals surface area contributed by atoms with Crippen LogP contribution in [0.5, 0.6) is 0 Å². The van der Waals surface area contributed by atoms with Crippen LogP contribution in [-0.4, -0.2) is 25.1 Å². The Hall–Kier alpha value is -4.13. The number of nitrogens with zero attached hydrogens (tertiary/aromatic N) is 5. The smallest absolute Gasteiger partial charge is 0.249 e. The lowest BCUT2D eigenvalue weighted by molar-refractivity contribution is 0.983. The van der Waals surface area contributed by atoms with E-state index in [0.29, 0.717) is 11.8 Å². The van der Waals surface area contributed by atoms with E-state index in [1.165, 1.54) is 0 Å². The van der Waals surface area contributed by atoms with Crippen LogP contribution in [0.25, 0.3) is 21.8 Å². The van der Waals surface area contributed by atoms with Gasteiger partial charge in [0.2, 0.25) is 5.95 Å². The van der Waals surface area contributed by atoms with Gasteiger partial charge in [-0.2, -0.15) is 10.1 Å². The van der Waals surface area contributed by atoms with Crippen molar-refractivity contribution in [3.05, 3.63) is 79.3 Å². The van der Waals surface area contributed by atoms with E-state index in [0.717, 1.165) is 33.2 Å². The molecule has 0 atom stereocenters. The number of benzene rings is 2. The van der Waals surface area contributed by atoms with E-state index < -0.39 is 0 Å². The van der Waals surface area contributed by atoms with Crippen LogP contribution in [0, 0.1) is 0 Å². The first kappa shape index (κ1) is 16.1. The third-order valence-corrected chi connectivity index (χ3v) is 4.33. The van der Waals surface area contributed by atoms with Crippen molar-refractivity contribution in [2.75, 3.05) is 10.6 Å². The Morgan fingerprint density at radius 2 is 1.25 bits per heavy atom. The minimum absolute atomic E-state index is 0.386. The number of rotatable bonds is 4. The SMILES string of the molecule is c1cnc2c(Nc3cnnc(Nc4cccc5cccnc45)n3)cccc2c1. The highest BCUT2D eigenvalue weighted by Crippen LogP contribution is 2.25. The second-order valence-corrected chi connectivity index (χ2v) is 6.18. The highest BCUT2D eigenvalue weighted by molar-refractivity contribution is 5.92. The molecular weight excluding hydrogens is 350 g/mol. The quantitative estimate of drug-likeness (QED) is 0.486. The molecule has 0 radical (unpaired) electrons. The van der Waals surface area contributed by atoms with Crippen molar-refractivity contribution in [1.29, 1.82) is 0 Å². The van der Waals surface area contributed by atoms with E-state index in [2.05, 4.69) is 35.8 Å². The zero-order valence-electron chi connectivity index (χ0n) is 14.7. The summed E-state index contributed by atoms with van der Waals surface area (Å²) < 4.78 is 0. The molecule has 5 rings (SSSR count). The first-order valence-electron chi connectivity index (χ1n) is 8.78. The van der Waals surface area contributed by atoms with E-state index in [9.17, 15) is 0 Å². The van der Waals surface area contributed by atoms with Crippen molar-refractivity contribution in [3.8, 4) is 0 Å². The standard InChI is InChI=1S/C21H15N7/c1-5-14-7-3-11-22-19(14)16(9-1)25-18-13-24-28-21(27-18)26-17-10-2-6-15-8-4-12-23-20(15)17/h1-13H,(H2,25,26,27,28). The van der Waals surface area contributed by atoms with Crippen LogP contribution in [0.4, 0.5) is 23.1 Å². The number of hydrogen-bond acceptors (Lipinski definition) is 7. The molecule has 28 heavy (non-hydrogen) atoms. The van der Waals surface area contributed by atoms with Crippen molar-refractivity contribution < 1.29 is 0 Å². The molecule has 0 aliphatic rings. The molecule has 3 heterocycles. The number of fused-ring (bicyclic) bond motifs is 2. The number of nitrogens with one attached hydrogen (secondary N) is 2. The summed E-state index contributed by atoms with van der Waals surface area (Å²) in [5, 5.41) is 16.7. The minimum Gasteiger partial charge on any atom is -0.337 e. The largest absolute Gasteiger partial charge is 0.337 e. The Morgan fingerprint density at radius 3 is 1.93 bits per heavy atom. The lowest BCUT2D eigenvalue weighted by atomic mass is 10.2. The predicted octanol–water partition coefficient (Wildman–Crippen LogP) is 4.46. The first-order valence-corrected chi connectivity index (χ1v) is 8.78. The summed E-state index contributed by atoms with van der Waals surface area (Å²) in [4.78, 5) is 13.4. The molecule has 0 amide bonds. The van der Waals surface area contributed by atoms with Gasteiger partial charge in [-0.3, -0.25) is 9.97 Å². The molecule has 0 saturated heterocycles. The van der Waals surface area contributed by atoms with E-state index in [4.69, 9.17) is 0 Å². The summed E-state index contributed by atoms with van der Waals surface area (Å²) in [6.07, 6.45) is 5.11. The molecule has 7 heteroatoms. The molecule has 2 aromatic carbocycles. The van der Waals surface area contributed by atoms with E-state index >= 15 is 0 Å². The Kier molecular flexibility index (Phi) is 3.95. The average molecular weight is 365 g/mol. The molecule has 0 bridgehead atoms. The van der Waals surface area contributed by atoms with Crippen LogP contribution in [0.3, 0.4) is 0 Å². The van der Waals surface area contributed by atoms with Gasteiger partial charge < -0.3 is 10.6 Å². The normalized spacial score (nSPS) is 10.9. The molecule has 0 saturated carbocycles. The summed E-state index contributed by atoms with van der Waals surface area (Å²) in [7, 11) is 0. The molecule has 2 N–H and O–H groups in total. The molecule has 5 aromatic rings. The van der Waals surface area contributed by atoms with Crippen molar-refractivity contribution in [1.82, 2.24) is 25.1 Å². The zero-order valence-corrected chi connectivity index (χ0v) is 14.7. The van der Waals surface area contributed by atoms with Gasteiger partial charge >= 0.3 is 0 Å². The molecule has 0 unspecified atom stereocenters. The third kappa shape index (κ3) is 3.05. The van der Waals surface area contributed by atoms with Gasteiger partial charge in [-0.15, -0.1) is 5.10 Å². The van der Waals surface area contributed by atoms with E-state index in [1.807, 2.05) is 60.7 Å². The summed E-state index contributed by atoms with van der Waals surface area (Å²) >= 11 is 0. The molecule has 134 valence electrons. The lowest BCUT2D eigenvalue weighted by Gasteiger charge is -2.10. The summed E-state index contributed by atoms with van der Waals surface area (Å²) in [5.74, 6) is 0.959. The van der Waals surface area contributed by atoms with Gasteiger partial charge in [-0.25, -0.2) is 0 Å². The Balaban J connectivity index is 1.46. The highest BCUT2D eigenvalue weighted by atomic mass is 15.3.